The van der Waals surface area contributed by atoms with Crippen molar-refractivity contribution in [2.24, 2.45) is 0 Å². The fourth-order valence-electron chi connectivity index (χ4n) is 6.60. The van der Waals surface area contributed by atoms with E-state index in [2.05, 4.69) is 14.8 Å². The van der Waals surface area contributed by atoms with Crippen molar-refractivity contribution in [2.75, 3.05) is 26.4 Å². The number of carbonyl (C=O) groups is 2. The Morgan fingerprint density at radius 1 is 0.527 bits per heavy atom. The summed E-state index contributed by atoms with van der Waals surface area (Å²) in [5.41, 5.74) is 0. The molecule has 4 heterocycles. The van der Waals surface area contributed by atoms with E-state index in [1.54, 1.807) is 0 Å². The van der Waals surface area contributed by atoms with Gasteiger partial charge in [0.2, 0.25) is 11.8 Å². The highest BCUT2D eigenvalue weighted by molar-refractivity contribution is 7.80. The Kier molecular flexibility index (Phi) is 16.0. The van der Waals surface area contributed by atoms with Crippen molar-refractivity contribution in [1.82, 2.24) is 10.6 Å². The standard InChI is InChI=1S/C28H48N2O24S/c1-7(35)29-13-16(38)21(10(4-32)47-25(13)43)52-28-20(42)24(15(37)9(3-31)48-28)53-26-14(30-8(2)36)17(39)22(11(5-33)49-26)51-27-19(41)18(40)23(12(6-34)50-27)54-55(44,45)46/h9-28,31-34,37-43H,3-6H2,1-2H3,(H,29,35)(H,30,36)(H,44,45,46)/t9-,10-,11-,12-,13-,14-,15+,16-,17-,18-,19-,20-,21-,22-,23+,24+,25-,26+,27+,28+/m1/s1. The molecule has 0 aromatic heterocycles. The quantitative estimate of drug-likeness (QED) is 0.0723. The third-order valence-corrected chi connectivity index (χ3v) is 9.68. The zero-order chi connectivity index (χ0) is 41.1. The first kappa shape index (κ1) is 45.8. The maximum Gasteiger partial charge on any atom is 0.397 e. The number of aliphatic hydroxyl groups is 11. The Morgan fingerprint density at radius 3 is 1.45 bits per heavy atom. The maximum absolute atomic E-state index is 12.3. The number of nitrogens with one attached hydrogen (secondary N) is 2. The van der Waals surface area contributed by atoms with Gasteiger partial charge in [-0.15, -0.1) is 0 Å². The molecule has 0 bridgehead atoms. The van der Waals surface area contributed by atoms with E-state index in [9.17, 15) is 74.2 Å². The van der Waals surface area contributed by atoms with Crippen LogP contribution < -0.4 is 10.6 Å². The second-order valence-electron chi connectivity index (χ2n) is 13.1. The van der Waals surface area contributed by atoms with Gasteiger partial charge in [-0.3, -0.25) is 14.1 Å². The zero-order valence-corrected chi connectivity index (χ0v) is 29.9. The van der Waals surface area contributed by atoms with Crippen LogP contribution in [0.25, 0.3) is 0 Å². The van der Waals surface area contributed by atoms with Crippen LogP contribution in [0.4, 0.5) is 0 Å². The molecular formula is C28H48N2O24S. The summed E-state index contributed by atoms with van der Waals surface area (Å²) in [5.74, 6) is -1.51. The highest BCUT2D eigenvalue weighted by Gasteiger charge is 2.56. The van der Waals surface area contributed by atoms with E-state index in [-0.39, 0.29) is 0 Å². The second kappa shape index (κ2) is 19.2. The minimum atomic E-state index is -5.23. The average Bonchev–Trinajstić information content (AvgIpc) is 3.11. The fourth-order valence-corrected chi connectivity index (χ4v) is 7.11. The van der Waals surface area contributed by atoms with Gasteiger partial charge in [0.05, 0.1) is 26.4 Å². The smallest absolute Gasteiger partial charge is 0.394 e. The molecule has 320 valence electrons. The summed E-state index contributed by atoms with van der Waals surface area (Å²) in [6.07, 6.45) is -33.8. The van der Waals surface area contributed by atoms with E-state index < -0.39 is 171 Å². The lowest BCUT2D eigenvalue weighted by Gasteiger charge is -2.50. The molecule has 0 aromatic carbocycles. The SMILES string of the molecule is CC(=O)N[C@@H]1[C@@H](O)[C@H](O[C@@H]2O[C@H](CO)[C@H](O)[C@H](O[C@@H]3O[C@H](CO)[C@@H](O[C@@H]4O[C@H](CO)[C@H](OS(=O)(=O)O)[C@H](O)[C@H]4O)[C@H](O)[C@H]3NC(C)=O)[C@H]2O)[C@@H](CO)O[C@H]1O. The first-order chi connectivity index (χ1) is 25.8. The predicted octanol–water partition coefficient (Wildman–Crippen LogP) is -9.63. The van der Waals surface area contributed by atoms with E-state index in [0.29, 0.717) is 0 Å². The lowest BCUT2D eigenvalue weighted by atomic mass is 9.94. The topological polar surface area (TPSA) is 409 Å². The Balaban J connectivity index is 1.57. The molecule has 0 unspecified atom stereocenters. The average molecular weight is 829 g/mol. The van der Waals surface area contributed by atoms with Crippen molar-refractivity contribution in [3.8, 4) is 0 Å². The van der Waals surface area contributed by atoms with Gasteiger partial charge in [0.1, 0.15) is 97.5 Å². The first-order valence-corrected chi connectivity index (χ1v) is 18.1. The van der Waals surface area contributed by atoms with E-state index in [4.69, 9.17) is 37.7 Å². The summed E-state index contributed by atoms with van der Waals surface area (Å²) in [6.45, 7) is -1.78. The first-order valence-electron chi connectivity index (χ1n) is 16.7. The lowest BCUT2D eigenvalue weighted by molar-refractivity contribution is -0.376. The summed E-state index contributed by atoms with van der Waals surface area (Å²) in [7, 11) is -5.23. The number of hydrogen-bond donors (Lipinski definition) is 14. The van der Waals surface area contributed by atoms with E-state index >= 15 is 0 Å². The van der Waals surface area contributed by atoms with Crippen LogP contribution in [0.1, 0.15) is 13.8 Å². The number of rotatable bonds is 14. The Bertz CT molecular complexity index is 1380. The van der Waals surface area contributed by atoms with Crippen molar-refractivity contribution in [1.29, 1.82) is 0 Å². The molecule has 4 fully saturated rings. The Hall–Kier alpha value is -1.91. The molecule has 20 atom stereocenters. The van der Waals surface area contributed by atoms with Gasteiger partial charge in [-0.1, -0.05) is 0 Å². The van der Waals surface area contributed by atoms with Crippen molar-refractivity contribution in [2.45, 2.75) is 137 Å². The van der Waals surface area contributed by atoms with Crippen LogP contribution in [0.5, 0.6) is 0 Å². The van der Waals surface area contributed by atoms with Crippen LogP contribution in [0, 0.1) is 0 Å². The van der Waals surface area contributed by atoms with Gasteiger partial charge >= 0.3 is 10.4 Å². The fraction of sp³-hybridized carbons (Fsp3) is 0.929. The van der Waals surface area contributed by atoms with E-state index in [1.165, 1.54) is 0 Å². The molecule has 0 saturated carbocycles. The largest absolute Gasteiger partial charge is 0.397 e. The van der Waals surface area contributed by atoms with Gasteiger partial charge in [0, 0.05) is 13.8 Å². The molecule has 0 radical (unpaired) electrons. The van der Waals surface area contributed by atoms with Crippen molar-refractivity contribution >= 4 is 22.2 Å². The van der Waals surface area contributed by atoms with Crippen LogP contribution in [0.15, 0.2) is 0 Å². The second-order valence-corrected chi connectivity index (χ2v) is 14.2. The van der Waals surface area contributed by atoms with Crippen LogP contribution >= 0.6 is 0 Å². The van der Waals surface area contributed by atoms with Gasteiger partial charge in [0.15, 0.2) is 25.2 Å². The van der Waals surface area contributed by atoms with Gasteiger partial charge in [0.25, 0.3) is 0 Å². The van der Waals surface area contributed by atoms with Crippen molar-refractivity contribution in [3.63, 3.8) is 0 Å². The third kappa shape index (κ3) is 10.6. The Morgan fingerprint density at radius 2 is 0.945 bits per heavy atom. The number of amides is 2. The van der Waals surface area contributed by atoms with Crippen LogP contribution in [0.2, 0.25) is 0 Å². The van der Waals surface area contributed by atoms with Crippen LogP contribution in [-0.2, 0) is 57.3 Å². The molecule has 4 rings (SSSR count). The van der Waals surface area contributed by atoms with E-state index in [1.807, 2.05) is 0 Å². The van der Waals surface area contributed by atoms with Gasteiger partial charge in [-0.2, -0.15) is 8.42 Å². The van der Waals surface area contributed by atoms with Gasteiger partial charge < -0.3 is 100.0 Å². The number of carbonyl (C=O) groups excluding carboxylic acids is 2. The highest BCUT2D eigenvalue weighted by atomic mass is 32.3. The zero-order valence-electron chi connectivity index (χ0n) is 29.0. The van der Waals surface area contributed by atoms with Crippen molar-refractivity contribution < 1.29 is 116 Å². The summed E-state index contributed by atoms with van der Waals surface area (Å²) in [5, 5.41) is 121. The van der Waals surface area contributed by atoms with E-state index in [0.717, 1.165) is 13.8 Å². The van der Waals surface area contributed by atoms with Crippen molar-refractivity contribution in [3.05, 3.63) is 0 Å². The number of hydrogen-bond acceptors (Lipinski definition) is 23. The molecule has 55 heavy (non-hydrogen) atoms. The normalized spacial score (nSPS) is 45.5. The minimum Gasteiger partial charge on any atom is -0.394 e. The molecule has 4 aliphatic rings. The molecule has 0 aliphatic carbocycles. The monoisotopic (exact) mass is 828 g/mol. The molecule has 27 heteroatoms. The molecule has 2 amide bonds. The van der Waals surface area contributed by atoms with Crippen LogP contribution in [-0.4, -0.2) is 230 Å². The Labute approximate surface area is 311 Å². The molecule has 14 N–H and O–H groups in total. The van der Waals surface area contributed by atoms with Gasteiger partial charge in [-0.05, 0) is 0 Å². The minimum absolute atomic E-state index is 0.690. The molecule has 26 nitrogen and oxygen atoms in total. The summed E-state index contributed by atoms with van der Waals surface area (Å²) in [6, 6.07) is -3.22. The predicted molar refractivity (Wildman–Crippen MR) is 167 cm³/mol. The molecule has 0 aromatic rings. The highest BCUT2D eigenvalue weighted by Crippen LogP contribution is 2.34. The molecule has 4 saturated heterocycles. The molecule has 0 spiro atoms. The third-order valence-electron chi connectivity index (χ3n) is 9.21. The molecule has 4 aliphatic heterocycles. The van der Waals surface area contributed by atoms with Crippen LogP contribution in [0.3, 0.4) is 0 Å². The summed E-state index contributed by atoms with van der Waals surface area (Å²) in [4.78, 5) is 24.0. The summed E-state index contributed by atoms with van der Waals surface area (Å²) >= 11 is 0. The van der Waals surface area contributed by atoms with Gasteiger partial charge in [-0.25, -0.2) is 4.18 Å². The maximum atomic E-state index is 12.3. The number of ether oxygens (including phenoxy) is 7. The summed E-state index contributed by atoms with van der Waals surface area (Å²) < 4.78 is 74.9. The lowest BCUT2D eigenvalue weighted by Crippen LogP contribution is -2.70. The number of aliphatic hydroxyl groups excluding tert-OH is 11. The molecular weight excluding hydrogens is 780 g/mol.